The van der Waals surface area contributed by atoms with Gasteiger partial charge in [0.05, 0.1) is 34.9 Å². The van der Waals surface area contributed by atoms with Crippen molar-refractivity contribution in [1.29, 1.82) is 0 Å². The molecule has 150 valence electrons. The monoisotopic (exact) mass is 445 g/mol. The molecule has 29 heavy (non-hydrogen) atoms. The Morgan fingerprint density at radius 1 is 1.24 bits per heavy atom. The Morgan fingerprint density at radius 2 is 2.07 bits per heavy atom. The van der Waals surface area contributed by atoms with Gasteiger partial charge < -0.3 is 4.90 Å². The van der Waals surface area contributed by atoms with Gasteiger partial charge in [-0.15, -0.1) is 34.0 Å². The van der Waals surface area contributed by atoms with Crippen LogP contribution in [-0.4, -0.2) is 38.1 Å². The summed E-state index contributed by atoms with van der Waals surface area (Å²) in [7, 11) is 1.78. The molecule has 0 aliphatic heterocycles. The molecule has 0 aliphatic carbocycles. The molecule has 0 aliphatic rings. The van der Waals surface area contributed by atoms with Gasteiger partial charge in [-0.2, -0.15) is 0 Å². The van der Waals surface area contributed by atoms with Crippen molar-refractivity contribution in [3.63, 3.8) is 0 Å². The molecule has 0 radical (unpaired) electrons. The minimum absolute atomic E-state index is 0.0345. The molecule has 0 spiro atoms. The van der Waals surface area contributed by atoms with Gasteiger partial charge in [-0.1, -0.05) is 6.07 Å². The van der Waals surface area contributed by atoms with Crippen LogP contribution < -0.4 is 5.32 Å². The lowest BCUT2D eigenvalue weighted by Crippen LogP contribution is -2.28. The van der Waals surface area contributed by atoms with Gasteiger partial charge in [-0.3, -0.25) is 19.3 Å². The Balaban J connectivity index is 1.39. The third-order valence-electron chi connectivity index (χ3n) is 4.40. The first-order valence-electron chi connectivity index (χ1n) is 8.88. The van der Waals surface area contributed by atoms with E-state index < -0.39 is 0 Å². The molecule has 4 aromatic rings. The lowest BCUT2D eigenvalue weighted by Gasteiger charge is -2.16. The Kier molecular flexibility index (Phi) is 5.48. The van der Waals surface area contributed by atoms with Crippen molar-refractivity contribution < 1.29 is 9.59 Å². The first kappa shape index (κ1) is 19.7. The van der Waals surface area contributed by atoms with E-state index in [9.17, 15) is 9.59 Å². The van der Waals surface area contributed by atoms with E-state index >= 15 is 0 Å². The zero-order chi connectivity index (χ0) is 20.5. The first-order valence-corrected chi connectivity index (χ1v) is 11.5. The lowest BCUT2D eigenvalue weighted by atomic mass is 10.2. The van der Waals surface area contributed by atoms with E-state index in [2.05, 4.69) is 25.9 Å². The number of likely N-dealkylation sites (N-methyl/N-ethyl adjacent to an activating group) is 1. The van der Waals surface area contributed by atoms with Crippen molar-refractivity contribution in [3.8, 4) is 0 Å². The predicted molar refractivity (Wildman–Crippen MR) is 117 cm³/mol. The van der Waals surface area contributed by atoms with Crippen LogP contribution in [0.25, 0.3) is 4.96 Å². The Morgan fingerprint density at radius 3 is 2.83 bits per heavy atom. The SMILES string of the molecule is Cc1cn2c(CN(C)C(=O)Cc3csc(NC(=O)c4cccs4)n3)c(C)nc2s1. The van der Waals surface area contributed by atoms with Crippen molar-refractivity contribution >= 4 is 55.9 Å². The van der Waals surface area contributed by atoms with Crippen LogP contribution in [0.4, 0.5) is 5.13 Å². The molecule has 4 rings (SSSR count). The third-order valence-corrected chi connectivity index (χ3v) is 6.98. The number of imidazole rings is 1. The molecule has 2 amide bonds. The molecule has 4 heterocycles. The van der Waals surface area contributed by atoms with Crippen molar-refractivity contribution in [1.82, 2.24) is 19.3 Å². The summed E-state index contributed by atoms with van der Waals surface area (Å²) < 4.78 is 2.06. The molecular weight excluding hydrogens is 426 g/mol. The van der Waals surface area contributed by atoms with Crippen LogP contribution >= 0.6 is 34.0 Å². The Labute approximate surface area is 179 Å². The zero-order valence-electron chi connectivity index (χ0n) is 16.1. The lowest BCUT2D eigenvalue weighted by molar-refractivity contribution is -0.129. The second kappa shape index (κ2) is 8.05. The number of thiazole rings is 2. The van der Waals surface area contributed by atoms with E-state index in [4.69, 9.17) is 0 Å². The van der Waals surface area contributed by atoms with Crippen LogP contribution in [0.3, 0.4) is 0 Å². The molecule has 0 bridgehead atoms. The normalized spacial score (nSPS) is 11.1. The highest BCUT2D eigenvalue weighted by Gasteiger charge is 2.18. The van der Waals surface area contributed by atoms with E-state index in [1.165, 1.54) is 27.6 Å². The fourth-order valence-electron chi connectivity index (χ4n) is 2.91. The van der Waals surface area contributed by atoms with Gasteiger partial charge in [0.25, 0.3) is 5.91 Å². The summed E-state index contributed by atoms with van der Waals surface area (Å²) in [6, 6.07) is 3.59. The van der Waals surface area contributed by atoms with Gasteiger partial charge in [0, 0.05) is 23.5 Å². The second-order valence-corrected chi connectivity index (χ2v) is 9.66. The number of carbonyl (C=O) groups excluding carboxylic acids is 2. The fraction of sp³-hybridized carbons (Fsp3) is 0.263. The molecule has 10 heteroatoms. The van der Waals surface area contributed by atoms with Crippen LogP contribution in [-0.2, 0) is 17.8 Å². The maximum absolute atomic E-state index is 12.7. The molecule has 0 saturated heterocycles. The number of aromatic nitrogens is 3. The van der Waals surface area contributed by atoms with E-state index in [1.54, 1.807) is 34.7 Å². The Bertz CT molecular complexity index is 1170. The Hall–Kier alpha value is -2.56. The van der Waals surface area contributed by atoms with Gasteiger partial charge in [0.1, 0.15) is 0 Å². The van der Waals surface area contributed by atoms with Crippen LogP contribution in [0.2, 0.25) is 0 Å². The number of hydrogen-bond donors (Lipinski definition) is 1. The van der Waals surface area contributed by atoms with Crippen LogP contribution in [0.15, 0.2) is 29.1 Å². The highest BCUT2D eigenvalue weighted by Crippen LogP contribution is 2.22. The topological polar surface area (TPSA) is 79.6 Å². The predicted octanol–water partition coefficient (Wildman–Crippen LogP) is 3.98. The van der Waals surface area contributed by atoms with Crippen molar-refractivity contribution in [2.45, 2.75) is 26.8 Å². The summed E-state index contributed by atoms with van der Waals surface area (Å²) in [5, 5.41) is 6.93. The molecule has 7 nitrogen and oxygen atoms in total. The number of anilines is 1. The maximum atomic E-state index is 12.7. The second-order valence-electron chi connectivity index (χ2n) is 6.64. The summed E-state index contributed by atoms with van der Waals surface area (Å²) in [5.74, 6) is -0.219. The van der Waals surface area contributed by atoms with Crippen LogP contribution in [0.1, 0.15) is 31.6 Å². The number of nitrogens with zero attached hydrogens (tertiary/aromatic N) is 4. The van der Waals surface area contributed by atoms with E-state index in [-0.39, 0.29) is 18.2 Å². The van der Waals surface area contributed by atoms with Gasteiger partial charge in [0.2, 0.25) is 5.91 Å². The minimum Gasteiger partial charge on any atom is -0.340 e. The average Bonchev–Trinajstić information content (AvgIpc) is 3.43. The molecule has 4 aromatic heterocycles. The average molecular weight is 446 g/mol. The summed E-state index contributed by atoms with van der Waals surface area (Å²) in [4.78, 5) is 38.2. The van der Waals surface area contributed by atoms with E-state index in [0.717, 1.165) is 16.3 Å². The number of hydrogen-bond acceptors (Lipinski definition) is 7. The number of rotatable bonds is 6. The maximum Gasteiger partial charge on any atom is 0.267 e. The zero-order valence-corrected chi connectivity index (χ0v) is 18.6. The summed E-state index contributed by atoms with van der Waals surface area (Å²) in [5.41, 5.74) is 2.60. The van der Waals surface area contributed by atoms with Gasteiger partial charge in [0.15, 0.2) is 10.1 Å². The third kappa shape index (κ3) is 4.24. The van der Waals surface area contributed by atoms with Crippen molar-refractivity contribution in [2.24, 2.45) is 0 Å². The van der Waals surface area contributed by atoms with E-state index in [0.29, 0.717) is 22.2 Å². The highest BCUT2D eigenvalue weighted by molar-refractivity contribution is 7.17. The highest BCUT2D eigenvalue weighted by atomic mass is 32.1. The quantitative estimate of drug-likeness (QED) is 0.487. The summed E-state index contributed by atoms with van der Waals surface area (Å²) >= 11 is 4.33. The number of thiophene rings is 1. The summed E-state index contributed by atoms with van der Waals surface area (Å²) in [6.45, 7) is 4.49. The smallest absolute Gasteiger partial charge is 0.267 e. The fourth-order valence-corrected chi connectivity index (χ4v) is 5.13. The largest absolute Gasteiger partial charge is 0.340 e. The van der Waals surface area contributed by atoms with Gasteiger partial charge in [-0.05, 0) is 25.3 Å². The number of amides is 2. The molecule has 0 saturated carbocycles. The standard InChI is InChI=1S/C19H19N5O2S3/c1-11-8-24-14(12(2)20-19(24)29-11)9-23(3)16(25)7-13-10-28-18(21-13)22-17(26)15-5-4-6-27-15/h4-6,8,10H,7,9H2,1-3H3,(H,21,22,26). The minimum atomic E-state index is -0.185. The molecular formula is C19H19N5O2S3. The molecule has 0 unspecified atom stereocenters. The number of carbonyl (C=O) groups is 2. The summed E-state index contributed by atoms with van der Waals surface area (Å²) in [6.07, 6.45) is 2.24. The van der Waals surface area contributed by atoms with E-state index in [1.807, 2.05) is 25.3 Å². The van der Waals surface area contributed by atoms with Gasteiger partial charge in [-0.25, -0.2) is 9.97 Å². The molecule has 1 N–H and O–H groups in total. The van der Waals surface area contributed by atoms with Crippen molar-refractivity contribution in [3.05, 3.63) is 55.9 Å². The van der Waals surface area contributed by atoms with Crippen LogP contribution in [0, 0.1) is 13.8 Å². The number of nitrogens with one attached hydrogen (secondary N) is 1. The van der Waals surface area contributed by atoms with Crippen LogP contribution in [0.5, 0.6) is 0 Å². The van der Waals surface area contributed by atoms with Crippen molar-refractivity contribution in [2.75, 3.05) is 12.4 Å². The first-order chi connectivity index (χ1) is 13.9. The number of fused-ring (bicyclic) bond motifs is 1. The number of aryl methyl sites for hydroxylation is 2. The van der Waals surface area contributed by atoms with Gasteiger partial charge >= 0.3 is 0 Å². The molecule has 0 fully saturated rings. The molecule has 0 atom stereocenters. The molecule has 0 aromatic carbocycles.